The first-order valence-corrected chi connectivity index (χ1v) is 6.10. The lowest BCUT2D eigenvalue weighted by Gasteiger charge is -2.14. The summed E-state index contributed by atoms with van der Waals surface area (Å²) in [5.41, 5.74) is 0. The molecule has 7 heteroatoms. The van der Waals surface area contributed by atoms with Crippen LogP contribution >= 0.6 is 0 Å². The molecule has 0 aliphatic rings. The molecule has 1 atom stereocenters. The van der Waals surface area contributed by atoms with E-state index in [4.69, 9.17) is 9.84 Å². The highest BCUT2D eigenvalue weighted by atomic mass is 16.5. The number of carboxylic acids is 1. The Morgan fingerprint density at radius 3 is 2.89 bits per heavy atom. The zero-order valence-corrected chi connectivity index (χ0v) is 10.9. The Hall–Kier alpha value is -1.89. The molecule has 2 N–H and O–H groups in total. The monoisotopic (exact) mass is 269 g/mol. The van der Waals surface area contributed by atoms with Gasteiger partial charge in [0.15, 0.2) is 0 Å². The summed E-state index contributed by atoms with van der Waals surface area (Å²) in [6.07, 6.45) is 6.17. The second-order valence-corrected chi connectivity index (χ2v) is 4.14. The minimum Gasteiger partial charge on any atom is -0.480 e. The maximum Gasteiger partial charge on any atom is 0.326 e. The summed E-state index contributed by atoms with van der Waals surface area (Å²) in [6.45, 7) is 0.963. The van der Waals surface area contributed by atoms with Crippen molar-refractivity contribution in [2.45, 2.75) is 31.8 Å². The van der Waals surface area contributed by atoms with Gasteiger partial charge >= 0.3 is 5.97 Å². The Balaban J connectivity index is 2.32. The summed E-state index contributed by atoms with van der Waals surface area (Å²) < 4.78 is 6.62. The molecule has 0 spiro atoms. The van der Waals surface area contributed by atoms with Crippen LogP contribution in [0.2, 0.25) is 0 Å². The van der Waals surface area contributed by atoms with E-state index in [1.54, 1.807) is 30.4 Å². The quantitative estimate of drug-likeness (QED) is 0.628. The Bertz CT molecular complexity index is 392. The minimum absolute atomic E-state index is 0.227. The van der Waals surface area contributed by atoms with Crippen molar-refractivity contribution in [1.82, 2.24) is 14.9 Å². The van der Waals surface area contributed by atoms with Crippen LogP contribution in [-0.4, -0.2) is 46.3 Å². The number of hydrogen-bond donors (Lipinski definition) is 2. The van der Waals surface area contributed by atoms with Crippen molar-refractivity contribution in [2.75, 3.05) is 13.7 Å². The van der Waals surface area contributed by atoms with E-state index in [-0.39, 0.29) is 12.3 Å². The number of imidazole rings is 1. The van der Waals surface area contributed by atoms with Gasteiger partial charge < -0.3 is 19.7 Å². The van der Waals surface area contributed by atoms with Gasteiger partial charge in [0.2, 0.25) is 5.91 Å². The average molecular weight is 269 g/mol. The van der Waals surface area contributed by atoms with E-state index in [1.807, 2.05) is 0 Å². The predicted octanol–water partition coefficient (Wildman–Crippen LogP) is 0.269. The number of ether oxygens (including phenoxy) is 1. The van der Waals surface area contributed by atoms with Crippen LogP contribution < -0.4 is 5.32 Å². The van der Waals surface area contributed by atoms with Gasteiger partial charge in [-0.2, -0.15) is 0 Å². The number of carboxylic acid groups (broad SMARTS) is 1. The summed E-state index contributed by atoms with van der Waals surface area (Å²) in [6, 6.07) is -0.856. The van der Waals surface area contributed by atoms with Crippen molar-refractivity contribution in [3.8, 4) is 0 Å². The van der Waals surface area contributed by atoms with Crippen molar-refractivity contribution in [3.63, 3.8) is 0 Å². The topological polar surface area (TPSA) is 93.5 Å². The Kier molecular flexibility index (Phi) is 6.59. The van der Waals surface area contributed by atoms with Gasteiger partial charge in [0.05, 0.1) is 6.33 Å². The van der Waals surface area contributed by atoms with Crippen LogP contribution in [0.1, 0.15) is 19.3 Å². The van der Waals surface area contributed by atoms with Crippen molar-refractivity contribution in [1.29, 1.82) is 0 Å². The van der Waals surface area contributed by atoms with Crippen LogP contribution in [0.25, 0.3) is 0 Å². The maximum absolute atomic E-state index is 11.6. The maximum atomic E-state index is 11.6. The number of amides is 1. The average Bonchev–Trinajstić information content (AvgIpc) is 2.88. The molecule has 1 aromatic rings. The summed E-state index contributed by atoms with van der Waals surface area (Å²) in [4.78, 5) is 26.5. The molecule has 1 amide bonds. The third-order valence-corrected chi connectivity index (χ3v) is 2.63. The smallest absolute Gasteiger partial charge is 0.326 e. The molecule has 0 saturated carbocycles. The van der Waals surface area contributed by atoms with E-state index < -0.39 is 12.0 Å². The third-order valence-electron chi connectivity index (χ3n) is 2.63. The first-order chi connectivity index (χ1) is 9.13. The lowest BCUT2D eigenvalue weighted by atomic mass is 10.1. The zero-order valence-electron chi connectivity index (χ0n) is 10.9. The molecule has 0 aliphatic carbocycles. The zero-order chi connectivity index (χ0) is 14.1. The fourth-order valence-electron chi connectivity index (χ4n) is 1.61. The molecule has 7 nitrogen and oxygen atoms in total. The molecule has 0 fully saturated rings. The highest BCUT2D eigenvalue weighted by molar-refractivity contribution is 5.83. The molecular weight excluding hydrogens is 250 g/mol. The minimum atomic E-state index is -1.02. The molecule has 0 bridgehead atoms. The number of carbonyl (C=O) groups is 2. The summed E-state index contributed by atoms with van der Waals surface area (Å²) in [5, 5.41) is 11.5. The number of carbonyl (C=O) groups excluding carboxylic acids is 1. The van der Waals surface area contributed by atoms with E-state index in [2.05, 4.69) is 10.3 Å². The van der Waals surface area contributed by atoms with E-state index in [0.29, 0.717) is 26.0 Å². The number of rotatable bonds is 9. The summed E-state index contributed by atoms with van der Waals surface area (Å²) >= 11 is 0. The van der Waals surface area contributed by atoms with Crippen LogP contribution in [0.3, 0.4) is 0 Å². The molecule has 0 saturated heterocycles. The number of nitrogens with one attached hydrogen (secondary N) is 1. The van der Waals surface area contributed by atoms with Crippen LogP contribution in [0, 0.1) is 0 Å². The molecule has 1 unspecified atom stereocenters. The highest BCUT2D eigenvalue weighted by Crippen LogP contribution is 2.00. The van der Waals surface area contributed by atoms with Crippen molar-refractivity contribution < 1.29 is 19.4 Å². The predicted molar refractivity (Wildman–Crippen MR) is 67.5 cm³/mol. The second kappa shape index (κ2) is 8.25. The van der Waals surface area contributed by atoms with Gasteiger partial charge in [-0.1, -0.05) is 0 Å². The molecule has 1 rings (SSSR count). The fraction of sp³-hybridized carbons (Fsp3) is 0.583. The SMILES string of the molecule is COCCCC(NC(=O)CCn1ccnc1)C(=O)O. The molecule has 106 valence electrons. The number of hydrogen-bond acceptors (Lipinski definition) is 4. The third kappa shape index (κ3) is 6.01. The summed E-state index contributed by atoms with van der Waals surface area (Å²) in [7, 11) is 1.56. The lowest BCUT2D eigenvalue weighted by molar-refractivity contribution is -0.142. The largest absolute Gasteiger partial charge is 0.480 e. The normalized spacial score (nSPS) is 12.1. The molecule has 1 heterocycles. The fourth-order valence-corrected chi connectivity index (χ4v) is 1.61. The lowest BCUT2D eigenvalue weighted by Crippen LogP contribution is -2.41. The molecule has 19 heavy (non-hydrogen) atoms. The second-order valence-electron chi connectivity index (χ2n) is 4.14. The number of nitrogens with zero attached hydrogens (tertiary/aromatic N) is 2. The molecule has 0 aromatic carbocycles. The standard InChI is InChI=1S/C12H19N3O4/c1-19-8-2-3-10(12(17)18)14-11(16)4-6-15-7-5-13-9-15/h5,7,9-10H,2-4,6,8H2,1H3,(H,14,16)(H,17,18). The summed E-state index contributed by atoms with van der Waals surface area (Å²) in [5.74, 6) is -1.30. The van der Waals surface area contributed by atoms with Gasteiger partial charge in [-0.15, -0.1) is 0 Å². The van der Waals surface area contributed by atoms with Crippen LogP contribution in [0.15, 0.2) is 18.7 Å². The Labute approximate surface area is 111 Å². The van der Waals surface area contributed by atoms with Crippen molar-refractivity contribution >= 4 is 11.9 Å². The van der Waals surface area contributed by atoms with Gasteiger partial charge in [0.1, 0.15) is 6.04 Å². The van der Waals surface area contributed by atoms with Crippen molar-refractivity contribution in [3.05, 3.63) is 18.7 Å². The van der Waals surface area contributed by atoms with Crippen LogP contribution in [0.4, 0.5) is 0 Å². The molecule has 0 radical (unpaired) electrons. The Morgan fingerprint density at radius 1 is 1.53 bits per heavy atom. The Morgan fingerprint density at radius 2 is 2.32 bits per heavy atom. The molecule has 0 aliphatic heterocycles. The van der Waals surface area contributed by atoms with Gasteiger partial charge in [-0.3, -0.25) is 4.79 Å². The van der Waals surface area contributed by atoms with Gasteiger partial charge in [-0.05, 0) is 12.8 Å². The first kappa shape index (κ1) is 15.2. The van der Waals surface area contributed by atoms with E-state index in [0.717, 1.165) is 0 Å². The molecule has 1 aromatic heterocycles. The van der Waals surface area contributed by atoms with Gasteiger partial charge in [-0.25, -0.2) is 9.78 Å². The first-order valence-electron chi connectivity index (χ1n) is 6.10. The van der Waals surface area contributed by atoms with Crippen LogP contribution in [0.5, 0.6) is 0 Å². The van der Waals surface area contributed by atoms with E-state index >= 15 is 0 Å². The number of methoxy groups -OCH3 is 1. The van der Waals surface area contributed by atoms with E-state index in [9.17, 15) is 9.59 Å². The van der Waals surface area contributed by atoms with E-state index in [1.165, 1.54) is 0 Å². The highest BCUT2D eigenvalue weighted by Gasteiger charge is 2.19. The van der Waals surface area contributed by atoms with Crippen molar-refractivity contribution in [2.24, 2.45) is 0 Å². The van der Waals surface area contributed by atoms with Crippen LogP contribution in [-0.2, 0) is 20.9 Å². The number of aromatic nitrogens is 2. The number of aliphatic carboxylic acids is 1. The molecular formula is C12H19N3O4. The van der Waals surface area contributed by atoms with Gasteiger partial charge in [0.25, 0.3) is 0 Å². The number of aryl methyl sites for hydroxylation is 1. The van der Waals surface area contributed by atoms with Gasteiger partial charge in [0, 0.05) is 39.1 Å².